The lowest BCUT2D eigenvalue weighted by molar-refractivity contribution is -0.113. The number of rotatable bonds is 7. The molecule has 8 heteroatoms. The third-order valence-corrected chi connectivity index (χ3v) is 5.67. The summed E-state index contributed by atoms with van der Waals surface area (Å²) in [5.41, 5.74) is 2.50. The third kappa shape index (κ3) is 3.73. The van der Waals surface area contributed by atoms with Gasteiger partial charge in [0.15, 0.2) is 5.16 Å². The maximum Gasteiger partial charge on any atom is 0.263 e. The van der Waals surface area contributed by atoms with Gasteiger partial charge in [-0.3, -0.25) is 18.6 Å². The molecule has 2 aromatic heterocycles. The fraction of sp³-hybridized carbons (Fsp3) is 0.182. The third-order valence-electron chi connectivity index (χ3n) is 4.74. The van der Waals surface area contributed by atoms with Gasteiger partial charge < -0.3 is 5.32 Å². The first-order valence-electron chi connectivity index (χ1n) is 9.61. The second kappa shape index (κ2) is 8.54. The van der Waals surface area contributed by atoms with Crippen molar-refractivity contribution in [3.05, 3.63) is 77.1 Å². The van der Waals surface area contributed by atoms with Crippen LogP contribution < -0.4 is 10.9 Å². The van der Waals surface area contributed by atoms with E-state index in [1.165, 1.54) is 16.3 Å². The Hall–Kier alpha value is -3.39. The second-order valence-corrected chi connectivity index (χ2v) is 7.67. The first kappa shape index (κ1) is 19.9. The van der Waals surface area contributed by atoms with Crippen molar-refractivity contribution in [2.75, 3.05) is 11.1 Å². The second-order valence-electron chi connectivity index (χ2n) is 6.73. The molecule has 2 heterocycles. The number of carbonyl (C=O) groups is 1. The molecule has 0 aliphatic rings. The summed E-state index contributed by atoms with van der Waals surface area (Å²) in [5.74, 6) is 0.470. The van der Waals surface area contributed by atoms with Gasteiger partial charge in [0.2, 0.25) is 11.7 Å². The van der Waals surface area contributed by atoms with Gasteiger partial charge in [0, 0.05) is 12.2 Å². The predicted octanol–water partition coefficient (Wildman–Crippen LogP) is 3.52. The van der Waals surface area contributed by atoms with Gasteiger partial charge in [-0.15, -0.1) is 16.8 Å². The maximum atomic E-state index is 12.8. The molecule has 0 aliphatic heterocycles. The molecule has 0 saturated heterocycles. The minimum atomic E-state index is -0.143. The van der Waals surface area contributed by atoms with Gasteiger partial charge >= 0.3 is 0 Å². The van der Waals surface area contributed by atoms with Crippen molar-refractivity contribution in [3.8, 4) is 0 Å². The van der Waals surface area contributed by atoms with E-state index in [0.717, 1.165) is 17.7 Å². The average Bonchev–Trinajstić information content (AvgIpc) is 3.19. The van der Waals surface area contributed by atoms with Crippen molar-refractivity contribution in [3.63, 3.8) is 0 Å². The Kier molecular flexibility index (Phi) is 5.67. The zero-order valence-electron chi connectivity index (χ0n) is 16.5. The molecule has 0 radical (unpaired) electrons. The van der Waals surface area contributed by atoms with Gasteiger partial charge in [0.05, 0.1) is 16.7 Å². The van der Waals surface area contributed by atoms with Gasteiger partial charge in [0.1, 0.15) is 0 Å². The average molecular weight is 420 g/mol. The number of hydrogen-bond acceptors (Lipinski definition) is 5. The minimum absolute atomic E-state index is 0.131. The largest absolute Gasteiger partial charge is 0.325 e. The van der Waals surface area contributed by atoms with E-state index in [2.05, 4.69) is 29.0 Å². The molecule has 0 saturated carbocycles. The van der Waals surface area contributed by atoms with Crippen molar-refractivity contribution in [1.29, 1.82) is 0 Å². The lowest BCUT2D eigenvalue weighted by atomic mass is 10.1. The van der Waals surface area contributed by atoms with Crippen LogP contribution >= 0.6 is 11.8 Å². The lowest BCUT2D eigenvalue weighted by Crippen LogP contribution is -2.22. The summed E-state index contributed by atoms with van der Waals surface area (Å²) in [6.07, 6.45) is 2.55. The van der Waals surface area contributed by atoms with Crippen LogP contribution in [0, 0.1) is 0 Å². The van der Waals surface area contributed by atoms with Crippen LogP contribution in [0.25, 0.3) is 16.7 Å². The summed E-state index contributed by atoms with van der Waals surface area (Å²) < 4.78 is 3.35. The Bertz CT molecular complexity index is 1310. The van der Waals surface area contributed by atoms with E-state index in [9.17, 15) is 9.59 Å². The number of nitrogens with zero attached hydrogens (tertiary/aromatic N) is 4. The molecule has 0 bridgehead atoms. The summed E-state index contributed by atoms with van der Waals surface area (Å²) >= 11 is 1.28. The predicted molar refractivity (Wildman–Crippen MR) is 120 cm³/mol. The zero-order valence-corrected chi connectivity index (χ0v) is 17.4. The molecule has 30 heavy (non-hydrogen) atoms. The molecule has 1 N–H and O–H groups in total. The molecule has 0 unspecified atom stereocenters. The quantitative estimate of drug-likeness (QED) is 0.366. The van der Waals surface area contributed by atoms with Crippen molar-refractivity contribution >= 4 is 40.0 Å². The van der Waals surface area contributed by atoms with Gasteiger partial charge in [0.25, 0.3) is 5.56 Å². The van der Waals surface area contributed by atoms with E-state index >= 15 is 0 Å². The fourth-order valence-electron chi connectivity index (χ4n) is 3.32. The maximum absolute atomic E-state index is 12.8. The first-order valence-corrected chi connectivity index (χ1v) is 10.6. The number of aromatic nitrogens is 4. The fourth-order valence-corrected chi connectivity index (χ4v) is 4.06. The molecular weight excluding hydrogens is 398 g/mol. The van der Waals surface area contributed by atoms with Crippen LogP contribution in [0.2, 0.25) is 0 Å². The molecule has 4 aromatic rings. The number of nitrogens with one attached hydrogen (secondary N) is 1. The Labute approximate surface area is 177 Å². The van der Waals surface area contributed by atoms with Gasteiger partial charge in [-0.25, -0.2) is 0 Å². The molecule has 4 rings (SSSR count). The monoisotopic (exact) mass is 419 g/mol. The number of aryl methyl sites for hydroxylation is 1. The topological polar surface area (TPSA) is 81.3 Å². The molecule has 0 atom stereocenters. The van der Waals surface area contributed by atoms with Crippen LogP contribution in [0.15, 0.2) is 71.1 Å². The molecule has 1 amide bonds. The molecule has 7 nitrogen and oxygen atoms in total. The number of fused-ring (bicyclic) bond motifs is 3. The Morgan fingerprint density at radius 1 is 1.20 bits per heavy atom. The number of hydrogen-bond donors (Lipinski definition) is 1. The number of allylic oxidation sites excluding steroid dienone is 1. The Morgan fingerprint density at radius 3 is 2.83 bits per heavy atom. The van der Waals surface area contributed by atoms with Crippen LogP contribution in [0.4, 0.5) is 5.69 Å². The van der Waals surface area contributed by atoms with Crippen LogP contribution in [-0.2, 0) is 17.8 Å². The standard InChI is InChI=1S/C22H21N5O2S/c1-3-12-26-20(29)17-10-5-6-11-18(17)27-21(26)24-25-22(27)30-14-19(28)23-16-9-7-8-15(4-2)13-16/h3,5-11,13H,1,4,12,14H2,2H3,(H,23,28). The van der Waals surface area contributed by atoms with Crippen LogP contribution in [0.1, 0.15) is 12.5 Å². The number of anilines is 1. The summed E-state index contributed by atoms with van der Waals surface area (Å²) in [4.78, 5) is 25.3. The minimum Gasteiger partial charge on any atom is -0.325 e. The number of carbonyl (C=O) groups excluding carboxylic acids is 1. The van der Waals surface area contributed by atoms with Crippen LogP contribution in [0.5, 0.6) is 0 Å². The van der Waals surface area contributed by atoms with Gasteiger partial charge in [-0.1, -0.05) is 49.0 Å². The van der Waals surface area contributed by atoms with Crippen LogP contribution in [-0.4, -0.2) is 30.8 Å². The first-order chi connectivity index (χ1) is 14.6. The van der Waals surface area contributed by atoms with Crippen molar-refractivity contribution < 1.29 is 4.79 Å². The highest BCUT2D eigenvalue weighted by Crippen LogP contribution is 2.22. The highest BCUT2D eigenvalue weighted by atomic mass is 32.2. The number of benzene rings is 2. The van der Waals surface area contributed by atoms with E-state index in [0.29, 0.717) is 28.4 Å². The SMILES string of the molecule is C=CCn1c(=O)c2ccccc2n2c(SCC(=O)Nc3cccc(CC)c3)nnc12. The summed E-state index contributed by atoms with van der Waals surface area (Å²) in [7, 11) is 0. The molecular formula is C22H21N5O2S. The molecule has 0 fully saturated rings. The Morgan fingerprint density at radius 2 is 2.03 bits per heavy atom. The van der Waals surface area contributed by atoms with Crippen LogP contribution in [0.3, 0.4) is 0 Å². The summed E-state index contributed by atoms with van der Waals surface area (Å²) in [5, 5.41) is 12.5. The normalized spacial score (nSPS) is 11.1. The summed E-state index contributed by atoms with van der Waals surface area (Å²) in [6, 6.07) is 15.1. The highest BCUT2D eigenvalue weighted by Gasteiger charge is 2.17. The Balaban J connectivity index is 1.64. The molecule has 2 aromatic carbocycles. The van der Waals surface area contributed by atoms with E-state index in [1.54, 1.807) is 12.1 Å². The molecule has 0 aliphatic carbocycles. The smallest absolute Gasteiger partial charge is 0.263 e. The number of thioether (sulfide) groups is 1. The van der Waals surface area contributed by atoms with E-state index in [1.807, 2.05) is 46.9 Å². The van der Waals surface area contributed by atoms with Crippen molar-refractivity contribution in [1.82, 2.24) is 19.2 Å². The van der Waals surface area contributed by atoms with Crippen molar-refractivity contribution in [2.45, 2.75) is 25.0 Å². The lowest BCUT2D eigenvalue weighted by Gasteiger charge is -2.10. The molecule has 0 spiro atoms. The summed E-state index contributed by atoms with van der Waals surface area (Å²) in [6.45, 7) is 6.12. The van der Waals surface area contributed by atoms with Gasteiger partial charge in [-0.05, 0) is 36.2 Å². The number of para-hydroxylation sites is 1. The highest BCUT2D eigenvalue weighted by molar-refractivity contribution is 7.99. The van der Waals surface area contributed by atoms with E-state index in [-0.39, 0.29) is 17.2 Å². The van der Waals surface area contributed by atoms with Crippen molar-refractivity contribution in [2.24, 2.45) is 0 Å². The van der Waals surface area contributed by atoms with E-state index < -0.39 is 0 Å². The number of amides is 1. The molecule has 152 valence electrons. The van der Waals surface area contributed by atoms with E-state index in [4.69, 9.17) is 0 Å². The zero-order chi connectivity index (χ0) is 21.1. The van der Waals surface area contributed by atoms with Gasteiger partial charge in [-0.2, -0.15) is 0 Å².